The van der Waals surface area contributed by atoms with Crippen molar-refractivity contribution in [3.05, 3.63) is 68.1 Å². The predicted molar refractivity (Wildman–Crippen MR) is 87.1 cm³/mol. The number of aryl methyl sites for hydroxylation is 1. The maximum atomic E-state index is 13.4. The number of ether oxygens (including phenoxy) is 1. The van der Waals surface area contributed by atoms with Crippen molar-refractivity contribution in [2.45, 2.75) is 13.1 Å². The molecule has 1 heterocycles. The number of phenolic OH excluding ortho intramolecular Hbond substituents is 1. The van der Waals surface area contributed by atoms with Crippen LogP contribution in [-0.2, 0) is 6.18 Å². The third-order valence-electron chi connectivity index (χ3n) is 3.76. The van der Waals surface area contributed by atoms with Gasteiger partial charge >= 0.3 is 6.18 Å². The summed E-state index contributed by atoms with van der Waals surface area (Å²) in [6.45, 7) is 1.30. The Kier molecular flexibility index (Phi) is 4.26. The molecule has 0 amide bonds. The minimum atomic E-state index is -5.05. The van der Waals surface area contributed by atoms with E-state index in [-0.39, 0.29) is 28.1 Å². The Morgan fingerprint density at radius 2 is 1.78 bits per heavy atom. The van der Waals surface area contributed by atoms with Crippen LogP contribution in [0.2, 0.25) is 0 Å². The lowest BCUT2D eigenvalue weighted by Crippen LogP contribution is -2.15. The average Bonchev–Trinajstić information content (AvgIpc) is 2.60. The van der Waals surface area contributed by atoms with Crippen molar-refractivity contribution in [1.29, 1.82) is 0 Å². The monoisotopic (exact) mass is 381 g/mol. The molecule has 0 spiro atoms. The van der Waals surface area contributed by atoms with E-state index in [4.69, 9.17) is 9.15 Å². The fraction of sp³-hybridized carbons (Fsp3) is 0.118. The van der Waals surface area contributed by atoms with Crippen molar-refractivity contribution in [2.75, 3.05) is 0 Å². The maximum Gasteiger partial charge on any atom is 0.453 e. The van der Waals surface area contributed by atoms with Gasteiger partial charge in [-0.15, -0.1) is 0 Å². The van der Waals surface area contributed by atoms with Gasteiger partial charge in [0.05, 0.1) is 10.3 Å². The second kappa shape index (κ2) is 6.31. The first-order chi connectivity index (χ1) is 12.6. The number of rotatable bonds is 3. The highest BCUT2D eigenvalue weighted by Gasteiger charge is 2.40. The summed E-state index contributed by atoms with van der Waals surface area (Å²) in [6.07, 6.45) is -5.05. The number of benzene rings is 2. The van der Waals surface area contributed by atoms with Crippen molar-refractivity contribution in [3.8, 4) is 17.2 Å². The van der Waals surface area contributed by atoms with E-state index in [0.717, 1.165) is 36.4 Å². The second-order valence-corrected chi connectivity index (χ2v) is 5.53. The number of hydrogen-bond donors (Lipinski definition) is 1. The highest BCUT2D eigenvalue weighted by atomic mass is 19.4. The zero-order valence-electron chi connectivity index (χ0n) is 13.5. The minimum Gasteiger partial charge on any atom is -0.508 e. The van der Waals surface area contributed by atoms with E-state index < -0.39 is 33.6 Å². The van der Waals surface area contributed by atoms with Crippen LogP contribution < -0.4 is 10.2 Å². The summed E-state index contributed by atoms with van der Waals surface area (Å²) in [7, 11) is 0. The number of non-ortho nitro benzene ring substituents is 1. The number of hydrogen-bond acceptors (Lipinski definition) is 6. The zero-order chi connectivity index (χ0) is 19.9. The quantitative estimate of drug-likeness (QED) is 0.528. The Balaban J connectivity index is 2.21. The topological polar surface area (TPSA) is 103 Å². The lowest BCUT2D eigenvalue weighted by atomic mass is 10.1. The van der Waals surface area contributed by atoms with Crippen LogP contribution in [-0.4, -0.2) is 10.0 Å². The molecule has 0 saturated carbocycles. The third kappa shape index (κ3) is 3.28. The highest BCUT2D eigenvalue weighted by Crippen LogP contribution is 2.39. The van der Waals surface area contributed by atoms with E-state index in [0.29, 0.717) is 0 Å². The molecular formula is C17H10F3NO6. The van der Waals surface area contributed by atoms with Crippen LogP contribution in [0.1, 0.15) is 11.3 Å². The SMILES string of the molecule is Cc1c(O)ccc2c(=O)c(Oc3ccc([N+](=O)[O-])cc3)c(C(F)(F)F)oc12. The summed E-state index contributed by atoms with van der Waals surface area (Å²) in [5.41, 5.74) is -1.83. The molecule has 140 valence electrons. The molecule has 7 nitrogen and oxygen atoms in total. The molecule has 0 unspecified atom stereocenters. The predicted octanol–water partition coefficient (Wildman–Crippen LogP) is 4.53. The Morgan fingerprint density at radius 3 is 2.33 bits per heavy atom. The molecule has 0 fully saturated rings. The van der Waals surface area contributed by atoms with Crippen LogP contribution in [0.5, 0.6) is 17.2 Å². The van der Waals surface area contributed by atoms with Gasteiger partial charge in [-0.05, 0) is 31.2 Å². The Bertz CT molecular complexity index is 1100. The van der Waals surface area contributed by atoms with Crippen molar-refractivity contribution < 1.29 is 32.4 Å². The van der Waals surface area contributed by atoms with Crippen LogP contribution in [0.25, 0.3) is 11.0 Å². The van der Waals surface area contributed by atoms with E-state index in [2.05, 4.69) is 0 Å². The molecule has 0 aliphatic carbocycles. The molecular weight excluding hydrogens is 371 g/mol. The molecule has 0 radical (unpaired) electrons. The molecule has 2 aromatic carbocycles. The molecule has 10 heteroatoms. The average molecular weight is 381 g/mol. The maximum absolute atomic E-state index is 13.4. The van der Waals surface area contributed by atoms with E-state index in [1.807, 2.05) is 0 Å². The lowest BCUT2D eigenvalue weighted by molar-refractivity contribution is -0.384. The summed E-state index contributed by atoms with van der Waals surface area (Å²) in [5.74, 6) is -3.32. The number of fused-ring (bicyclic) bond motifs is 1. The molecule has 0 bridgehead atoms. The van der Waals surface area contributed by atoms with Gasteiger partial charge in [-0.25, -0.2) is 0 Å². The van der Waals surface area contributed by atoms with Gasteiger partial charge in [0.15, 0.2) is 0 Å². The summed E-state index contributed by atoms with van der Waals surface area (Å²) >= 11 is 0. The number of halogens is 3. The first-order valence-electron chi connectivity index (χ1n) is 7.38. The van der Waals surface area contributed by atoms with E-state index in [9.17, 15) is 33.2 Å². The second-order valence-electron chi connectivity index (χ2n) is 5.53. The first kappa shape index (κ1) is 18.2. The number of phenols is 1. The van der Waals surface area contributed by atoms with E-state index in [1.165, 1.54) is 6.92 Å². The lowest BCUT2D eigenvalue weighted by Gasteiger charge is -2.14. The third-order valence-corrected chi connectivity index (χ3v) is 3.76. The summed E-state index contributed by atoms with van der Waals surface area (Å²) in [5, 5.41) is 20.1. The van der Waals surface area contributed by atoms with E-state index >= 15 is 0 Å². The fourth-order valence-electron chi connectivity index (χ4n) is 2.40. The normalized spacial score (nSPS) is 11.6. The smallest absolute Gasteiger partial charge is 0.453 e. The van der Waals surface area contributed by atoms with Crippen molar-refractivity contribution in [1.82, 2.24) is 0 Å². The molecule has 0 aliphatic heterocycles. The number of aromatic hydroxyl groups is 1. The van der Waals surface area contributed by atoms with E-state index in [1.54, 1.807) is 0 Å². The minimum absolute atomic E-state index is 0.0306. The van der Waals surface area contributed by atoms with Crippen molar-refractivity contribution in [2.24, 2.45) is 0 Å². The summed E-state index contributed by atoms with van der Waals surface area (Å²) < 4.78 is 50.1. The molecule has 0 aliphatic rings. The van der Waals surface area contributed by atoms with Crippen LogP contribution in [0.4, 0.5) is 18.9 Å². The van der Waals surface area contributed by atoms with Crippen molar-refractivity contribution in [3.63, 3.8) is 0 Å². The molecule has 0 atom stereocenters. The standard InChI is InChI=1S/C17H10F3NO6/c1-8-12(22)7-6-11-13(23)15(16(17(18,19)20)27-14(8)11)26-10-4-2-9(3-5-10)21(24)25/h2-7,22H,1H3. The summed E-state index contributed by atoms with van der Waals surface area (Å²) in [4.78, 5) is 22.5. The van der Waals surface area contributed by atoms with Gasteiger partial charge in [-0.3, -0.25) is 14.9 Å². The van der Waals surface area contributed by atoms with Gasteiger partial charge in [-0.1, -0.05) is 0 Å². The number of nitro benzene ring substituents is 1. The Morgan fingerprint density at radius 1 is 1.15 bits per heavy atom. The van der Waals surface area contributed by atoms with Gasteiger partial charge in [0, 0.05) is 17.7 Å². The molecule has 0 saturated heterocycles. The van der Waals surface area contributed by atoms with Gasteiger partial charge in [0.2, 0.25) is 11.2 Å². The van der Waals surface area contributed by atoms with Crippen LogP contribution >= 0.6 is 0 Å². The molecule has 3 rings (SSSR count). The highest BCUT2D eigenvalue weighted by molar-refractivity contribution is 5.83. The molecule has 27 heavy (non-hydrogen) atoms. The van der Waals surface area contributed by atoms with Gasteiger partial charge in [-0.2, -0.15) is 13.2 Å². The number of alkyl halides is 3. The molecule has 1 aromatic heterocycles. The summed E-state index contributed by atoms with van der Waals surface area (Å²) in [6, 6.07) is 6.43. The molecule has 3 aromatic rings. The Labute approximate surface area is 148 Å². The van der Waals surface area contributed by atoms with Crippen molar-refractivity contribution >= 4 is 16.7 Å². The number of nitro groups is 1. The fourth-order valence-corrected chi connectivity index (χ4v) is 2.40. The van der Waals surface area contributed by atoms with Crippen LogP contribution in [0.3, 0.4) is 0 Å². The zero-order valence-corrected chi connectivity index (χ0v) is 13.5. The van der Waals surface area contributed by atoms with Crippen LogP contribution in [0, 0.1) is 17.0 Å². The largest absolute Gasteiger partial charge is 0.508 e. The van der Waals surface area contributed by atoms with Crippen LogP contribution in [0.15, 0.2) is 45.6 Å². The van der Waals surface area contributed by atoms with Gasteiger partial charge < -0.3 is 14.3 Å². The van der Waals surface area contributed by atoms with Gasteiger partial charge in [0.25, 0.3) is 11.4 Å². The number of nitrogens with zero attached hydrogens (tertiary/aromatic N) is 1. The Hall–Kier alpha value is -3.56. The first-order valence-corrected chi connectivity index (χ1v) is 7.38. The molecule has 1 N–H and O–H groups in total. The van der Waals surface area contributed by atoms with Gasteiger partial charge in [0.1, 0.15) is 17.1 Å².